The molecule has 3 N–H and O–H groups in total. The van der Waals surface area contributed by atoms with E-state index >= 15 is 0 Å². The lowest BCUT2D eigenvalue weighted by Crippen LogP contribution is -2.38. The van der Waals surface area contributed by atoms with Crippen LogP contribution in [-0.4, -0.2) is 37.2 Å². The maximum atomic E-state index is 12.4. The number of rotatable bonds is 10. The molecule has 0 saturated carbocycles. The first kappa shape index (κ1) is 21.4. The molecule has 0 saturated heterocycles. The van der Waals surface area contributed by atoms with E-state index in [9.17, 15) is 9.59 Å². The number of nitrogens with one attached hydrogen (secondary N) is 1. The lowest BCUT2D eigenvalue weighted by molar-refractivity contribution is -0.117. The Hall–Kier alpha value is -2.86. The van der Waals surface area contributed by atoms with Gasteiger partial charge in [0.1, 0.15) is 18.5 Å². The van der Waals surface area contributed by atoms with Gasteiger partial charge in [0.25, 0.3) is 0 Å². The number of primary amides is 1. The summed E-state index contributed by atoms with van der Waals surface area (Å²) in [5.41, 5.74) is 7.61. The first-order valence-electron chi connectivity index (χ1n) is 9.34. The smallest absolute Gasteiger partial charge is 0.338 e. The fraction of sp³-hybridized carbons (Fsp3) is 0.364. The van der Waals surface area contributed by atoms with Crippen molar-refractivity contribution in [2.75, 3.05) is 13.2 Å². The van der Waals surface area contributed by atoms with Gasteiger partial charge in [0.2, 0.25) is 5.91 Å². The Kier molecular flexibility index (Phi) is 8.02. The molecule has 0 aliphatic heterocycles. The molecule has 0 aromatic heterocycles. The van der Waals surface area contributed by atoms with Crippen LogP contribution in [0.3, 0.4) is 0 Å². The normalized spacial score (nSPS) is 11.9. The zero-order valence-corrected chi connectivity index (χ0v) is 16.6. The number of ether oxygens (including phenoxy) is 2. The molecule has 0 heterocycles. The predicted molar refractivity (Wildman–Crippen MR) is 108 cm³/mol. The Morgan fingerprint density at radius 3 is 2.25 bits per heavy atom. The number of carbonyl (C=O) groups excluding carboxylic acids is 2. The Morgan fingerprint density at radius 1 is 1.04 bits per heavy atom. The minimum Gasteiger partial charge on any atom is -0.490 e. The van der Waals surface area contributed by atoms with Gasteiger partial charge in [0.05, 0.1) is 12.0 Å². The first-order chi connectivity index (χ1) is 13.3. The van der Waals surface area contributed by atoms with Crippen molar-refractivity contribution in [3.63, 3.8) is 0 Å². The van der Waals surface area contributed by atoms with Gasteiger partial charge in [-0.3, -0.25) is 4.79 Å². The second-order valence-electron chi connectivity index (χ2n) is 7.05. The second kappa shape index (κ2) is 10.5. The molecule has 1 amide bonds. The van der Waals surface area contributed by atoms with Gasteiger partial charge in [0.15, 0.2) is 0 Å². The van der Waals surface area contributed by atoms with E-state index in [4.69, 9.17) is 15.2 Å². The number of aryl methyl sites for hydroxylation is 1. The van der Waals surface area contributed by atoms with Crippen molar-refractivity contribution in [2.45, 2.75) is 39.3 Å². The molecule has 2 aromatic rings. The topological polar surface area (TPSA) is 90.7 Å². The Bertz CT molecular complexity index is 770. The average Bonchev–Trinajstić information content (AvgIpc) is 2.65. The van der Waals surface area contributed by atoms with Crippen molar-refractivity contribution in [3.8, 4) is 5.75 Å². The molecule has 150 valence electrons. The lowest BCUT2D eigenvalue weighted by atomic mass is 10.1. The quantitative estimate of drug-likeness (QED) is 0.615. The summed E-state index contributed by atoms with van der Waals surface area (Å²) < 4.78 is 11.4. The molecule has 0 bridgehead atoms. The Labute approximate surface area is 166 Å². The van der Waals surface area contributed by atoms with Crippen LogP contribution in [0, 0.1) is 6.92 Å². The second-order valence-corrected chi connectivity index (χ2v) is 7.05. The molecule has 0 radical (unpaired) electrons. The van der Waals surface area contributed by atoms with Gasteiger partial charge >= 0.3 is 5.97 Å². The summed E-state index contributed by atoms with van der Waals surface area (Å²) in [5, 5.41) is 3.27. The lowest BCUT2D eigenvalue weighted by Gasteiger charge is -2.20. The fourth-order valence-corrected chi connectivity index (χ4v) is 2.50. The van der Waals surface area contributed by atoms with Gasteiger partial charge in [-0.05, 0) is 36.8 Å². The molecule has 0 fully saturated rings. The van der Waals surface area contributed by atoms with Crippen LogP contribution in [0.5, 0.6) is 5.75 Å². The van der Waals surface area contributed by atoms with Crippen LogP contribution in [0.4, 0.5) is 0 Å². The third-order valence-electron chi connectivity index (χ3n) is 4.05. The van der Waals surface area contributed by atoms with Crippen LogP contribution < -0.4 is 15.8 Å². The van der Waals surface area contributed by atoms with Crippen molar-refractivity contribution in [3.05, 3.63) is 65.2 Å². The summed E-state index contributed by atoms with van der Waals surface area (Å²) in [7, 11) is 0. The number of amides is 1. The summed E-state index contributed by atoms with van der Waals surface area (Å²) >= 11 is 0. The van der Waals surface area contributed by atoms with Crippen LogP contribution >= 0.6 is 0 Å². The van der Waals surface area contributed by atoms with Gasteiger partial charge in [0, 0.05) is 12.6 Å². The zero-order chi connectivity index (χ0) is 20.5. The van der Waals surface area contributed by atoms with Gasteiger partial charge in [-0.15, -0.1) is 0 Å². The van der Waals surface area contributed by atoms with E-state index in [1.165, 1.54) is 0 Å². The van der Waals surface area contributed by atoms with Crippen molar-refractivity contribution in [2.24, 2.45) is 5.73 Å². The van der Waals surface area contributed by atoms with E-state index in [1.807, 2.05) is 32.9 Å². The number of benzene rings is 2. The largest absolute Gasteiger partial charge is 0.490 e. The Balaban J connectivity index is 1.96. The summed E-state index contributed by atoms with van der Waals surface area (Å²) in [6.07, 6.45) is -0.253. The van der Waals surface area contributed by atoms with Crippen LogP contribution in [0.1, 0.15) is 35.3 Å². The number of hydrogen-bond acceptors (Lipinski definition) is 5. The number of carbonyl (C=O) groups is 2. The standard InChI is InChI=1S/C22H28N2O4/c1-15(2)24-13-20(28-22(26)18-8-4-16(3)5-9-18)14-27-19-10-6-17(7-11-19)12-21(23)25/h4-11,15,20,24H,12-14H2,1-3H3,(H2,23,25)/t20-/m0/s1. The monoisotopic (exact) mass is 384 g/mol. The molecule has 1 atom stereocenters. The van der Waals surface area contributed by atoms with E-state index in [1.54, 1.807) is 36.4 Å². The van der Waals surface area contributed by atoms with Gasteiger partial charge in [-0.25, -0.2) is 4.79 Å². The molecule has 0 aliphatic carbocycles. The van der Waals surface area contributed by atoms with Crippen LogP contribution in [-0.2, 0) is 16.0 Å². The molecule has 28 heavy (non-hydrogen) atoms. The summed E-state index contributed by atoms with van der Waals surface area (Å²) in [6.45, 7) is 6.71. The minimum absolute atomic E-state index is 0.190. The highest BCUT2D eigenvalue weighted by Crippen LogP contribution is 2.14. The molecule has 2 rings (SSSR count). The molecule has 0 aliphatic rings. The molecule has 2 aromatic carbocycles. The highest BCUT2D eigenvalue weighted by Gasteiger charge is 2.17. The van der Waals surface area contributed by atoms with E-state index in [-0.39, 0.29) is 30.9 Å². The van der Waals surface area contributed by atoms with Crippen molar-refractivity contribution in [1.29, 1.82) is 0 Å². The Morgan fingerprint density at radius 2 is 1.68 bits per heavy atom. The average molecular weight is 384 g/mol. The molecule has 0 spiro atoms. The van der Waals surface area contributed by atoms with Gasteiger partial charge in [-0.2, -0.15) is 0 Å². The van der Waals surface area contributed by atoms with E-state index < -0.39 is 6.10 Å². The highest BCUT2D eigenvalue weighted by atomic mass is 16.6. The molecule has 6 nitrogen and oxygen atoms in total. The van der Waals surface area contributed by atoms with Gasteiger partial charge in [-0.1, -0.05) is 43.7 Å². The maximum Gasteiger partial charge on any atom is 0.338 e. The summed E-state index contributed by atoms with van der Waals surface area (Å²) in [6, 6.07) is 14.6. The van der Waals surface area contributed by atoms with E-state index in [0.29, 0.717) is 17.9 Å². The minimum atomic E-state index is -0.443. The van der Waals surface area contributed by atoms with Gasteiger partial charge < -0.3 is 20.5 Å². The molecular formula is C22H28N2O4. The van der Waals surface area contributed by atoms with Crippen molar-refractivity contribution < 1.29 is 19.1 Å². The third kappa shape index (κ3) is 7.40. The predicted octanol–water partition coefficient (Wildman–Crippen LogP) is 2.63. The molecule has 0 unspecified atom stereocenters. The van der Waals surface area contributed by atoms with Crippen LogP contribution in [0.15, 0.2) is 48.5 Å². The van der Waals surface area contributed by atoms with Crippen molar-refractivity contribution in [1.82, 2.24) is 5.32 Å². The summed E-state index contributed by atoms with van der Waals surface area (Å²) in [5.74, 6) is -0.123. The van der Waals surface area contributed by atoms with Crippen molar-refractivity contribution >= 4 is 11.9 Å². The van der Waals surface area contributed by atoms with E-state index in [0.717, 1.165) is 11.1 Å². The maximum absolute atomic E-state index is 12.4. The highest BCUT2D eigenvalue weighted by molar-refractivity contribution is 5.89. The van der Waals surface area contributed by atoms with E-state index in [2.05, 4.69) is 5.32 Å². The van der Waals surface area contributed by atoms with Crippen LogP contribution in [0.2, 0.25) is 0 Å². The SMILES string of the molecule is Cc1ccc(C(=O)O[C@@H](CNC(C)C)COc2ccc(CC(N)=O)cc2)cc1. The first-order valence-corrected chi connectivity index (χ1v) is 9.34. The zero-order valence-electron chi connectivity index (χ0n) is 16.6. The summed E-state index contributed by atoms with van der Waals surface area (Å²) in [4.78, 5) is 23.4. The molecule has 6 heteroatoms. The third-order valence-corrected chi connectivity index (χ3v) is 4.05. The fourth-order valence-electron chi connectivity index (χ4n) is 2.50. The molecular weight excluding hydrogens is 356 g/mol. The number of hydrogen-bond donors (Lipinski definition) is 2. The number of nitrogens with two attached hydrogens (primary N) is 1. The number of esters is 1. The van der Waals surface area contributed by atoms with Crippen LogP contribution in [0.25, 0.3) is 0 Å².